The third-order valence-corrected chi connectivity index (χ3v) is 2.97. The van der Waals surface area contributed by atoms with Gasteiger partial charge in [-0.25, -0.2) is 9.67 Å². The average molecular weight is 197 g/mol. The summed E-state index contributed by atoms with van der Waals surface area (Å²) in [5, 5.41) is 14.2. The molecule has 5 nitrogen and oxygen atoms in total. The van der Waals surface area contributed by atoms with Gasteiger partial charge < -0.3 is 9.84 Å². The van der Waals surface area contributed by atoms with E-state index in [-0.39, 0.29) is 5.41 Å². The molecule has 1 aromatic heterocycles. The molecule has 0 saturated carbocycles. The first-order valence-electron chi connectivity index (χ1n) is 4.72. The predicted octanol–water partition coefficient (Wildman–Crippen LogP) is 0.413. The summed E-state index contributed by atoms with van der Waals surface area (Å²) in [5.41, 5.74) is -0.237. The molecular weight excluding hydrogens is 182 g/mol. The summed E-state index contributed by atoms with van der Waals surface area (Å²) >= 11 is 0. The van der Waals surface area contributed by atoms with E-state index < -0.39 is 5.79 Å². The Morgan fingerprint density at radius 1 is 1.57 bits per heavy atom. The van der Waals surface area contributed by atoms with Gasteiger partial charge in [0, 0.05) is 5.41 Å². The number of aliphatic hydroxyl groups is 1. The standard InChI is InChI=1S/C9H15N3O2/c1-8(2)3-4-14-9(8,13)5-12-7-10-6-11-12/h6-7,13H,3-5H2,1-2H3. The molecule has 1 aliphatic rings. The molecule has 2 rings (SSSR count). The molecule has 1 unspecified atom stereocenters. The molecule has 1 fully saturated rings. The van der Waals surface area contributed by atoms with Crippen LogP contribution in [0.1, 0.15) is 20.3 Å². The summed E-state index contributed by atoms with van der Waals surface area (Å²) < 4.78 is 6.99. The summed E-state index contributed by atoms with van der Waals surface area (Å²) in [4.78, 5) is 3.83. The first-order valence-corrected chi connectivity index (χ1v) is 4.72. The summed E-state index contributed by atoms with van der Waals surface area (Å²) in [6.07, 6.45) is 3.89. The summed E-state index contributed by atoms with van der Waals surface area (Å²) in [5.74, 6) is -1.12. The van der Waals surface area contributed by atoms with E-state index in [0.717, 1.165) is 6.42 Å². The second kappa shape index (κ2) is 3.03. The minimum Gasteiger partial charge on any atom is -0.364 e. The fraction of sp³-hybridized carbons (Fsp3) is 0.778. The zero-order chi connectivity index (χ0) is 10.2. The van der Waals surface area contributed by atoms with Crippen LogP contribution in [0.3, 0.4) is 0 Å². The van der Waals surface area contributed by atoms with Crippen molar-refractivity contribution in [3.05, 3.63) is 12.7 Å². The molecule has 78 valence electrons. The topological polar surface area (TPSA) is 60.2 Å². The van der Waals surface area contributed by atoms with E-state index in [2.05, 4.69) is 10.1 Å². The van der Waals surface area contributed by atoms with Crippen molar-refractivity contribution in [3.8, 4) is 0 Å². The highest BCUT2D eigenvalue weighted by Gasteiger charge is 2.49. The van der Waals surface area contributed by atoms with Crippen molar-refractivity contribution in [1.29, 1.82) is 0 Å². The second-order valence-electron chi connectivity index (χ2n) is 4.36. The molecule has 1 saturated heterocycles. The second-order valence-corrected chi connectivity index (χ2v) is 4.36. The lowest BCUT2D eigenvalue weighted by Gasteiger charge is -2.34. The maximum atomic E-state index is 10.3. The Morgan fingerprint density at radius 3 is 2.86 bits per heavy atom. The van der Waals surface area contributed by atoms with Crippen LogP contribution in [0.4, 0.5) is 0 Å². The van der Waals surface area contributed by atoms with E-state index in [1.54, 1.807) is 11.0 Å². The lowest BCUT2D eigenvalue weighted by Crippen LogP contribution is -2.45. The Morgan fingerprint density at radius 2 is 2.36 bits per heavy atom. The van der Waals surface area contributed by atoms with Crippen molar-refractivity contribution in [2.75, 3.05) is 6.61 Å². The largest absolute Gasteiger partial charge is 0.364 e. The molecule has 0 spiro atoms. The van der Waals surface area contributed by atoms with Gasteiger partial charge in [0.2, 0.25) is 0 Å². The molecule has 0 bridgehead atoms. The van der Waals surface area contributed by atoms with Gasteiger partial charge in [-0.05, 0) is 6.42 Å². The third-order valence-electron chi connectivity index (χ3n) is 2.97. The highest BCUT2D eigenvalue weighted by atomic mass is 16.6. The van der Waals surface area contributed by atoms with Crippen molar-refractivity contribution < 1.29 is 9.84 Å². The third kappa shape index (κ3) is 1.42. The van der Waals surface area contributed by atoms with Gasteiger partial charge >= 0.3 is 0 Å². The average Bonchev–Trinajstić information content (AvgIpc) is 2.63. The molecule has 0 aromatic carbocycles. The van der Waals surface area contributed by atoms with Crippen LogP contribution in [0.25, 0.3) is 0 Å². The lowest BCUT2D eigenvalue weighted by atomic mass is 9.82. The summed E-state index contributed by atoms with van der Waals surface area (Å²) in [6.45, 7) is 4.92. The van der Waals surface area contributed by atoms with Gasteiger partial charge in [-0.3, -0.25) is 0 Å². The zero-order valence-corrected chi connectivity index (χ0v) is 8.47. The molecule has 0 amide bonds. The molecular formula is C9H15N3O2. The Bertz CT molecular complexity index is 310. The molecule has 1 aliphatic heterocycles. The van der Waals surface area contributed by atoms with Crippen LogP contribution in [-0.2, 0) is 11.3 Å². The fourth-order valence-corrected chi connectivity index (χ4v) is 1.66. The Labute approximate surface area is 82.7 Å². The molecule has 0 aliphatic carbocycles. The molecule has 1 N–H and O–H groups in total. The first kappa shape index (κ1) is 9.61. The van der Waals surface area contributed by atoms with Crippen molar-refractivity contribution in [1.82, 2.24) is 14.8 Å². The molecule has 1 atom stereocenters. The summed E-state index contributed by atoms with van der Waals surface area (Å²) in [6, 6.07) is 0. The van der Waals surface area contributed by atoms with E-state index in [0.29, 0.717) is 13.2 Å². The number of aromatic nitrogens is 3. The fourth-order valence-electron chi connectivity index (χ4n) is 1.66. The Balaban J connectivity index is 2.17. The van der Waals surface area contributed by atoms with Gasteiger partial charge in [0.25, 0.3) is 0 Å². The minimum absolute atomic E-state index is 0.237. The van der Waals surface area contributed by atoms with E-state index in [9.17, 15) is 5.11 Å². The molecule has 14 heavy (non-hydrogen) atoms. The number of hydrogen-bond acceptors (Lipinski definition) is 4. The smallest absolute Gasteiger partial charge is 0.190 e. The van der Waals surface area contributed by atoms with Gasteiger partial charge in [0.1, 0.15) is 12.7 Å². The van der Waals surface area contributed by atoms with E-state index in [4.69, 9.17) is 4.74 Å². The minimum atomic E-state index is -1.12. The monoisotopic (exact) mass is 197 g/mol. The highest BCUT2D eigenvalue weighted by Crippen LogP contribution is 2.42. The first-order chi connectivity index (χ1) is 6.54. The molecule has 0 radical (unpaired) electrons. The van der Waals surface area contributed by atoms with Gasteiger partial charge in [-0.15, -0.1) is 0 Å². The maximum absolute atomic E-state index is 10.3. The van der Waals surface area contributed by atoms with E-state index in [1.165, 1.54) is 6.33 Å². The SMILES string of the molecule is CC1(C)CCOC1(O)Cn1cncn1. The van der Waals surface area contributed by atoms with Gasteiger partial charge in [-0.2, -0.15) is 5.10 Å². The Kier molecular flexibility index (Phi) is 2.08. The van der Waals surface area contributed by atoms with Crippen molar-refractivity contribution >= 4 is 0 Å². The zero-order valence-electron chi connectivity index (χ0n) is 8.47. The van der Waals surface area contributed by atoms with Crippen molar-refractivity contribution in [3.63, 3.8) is 0 Å². The van der Waals surface area contributed by atoms with Crippen LogP contribution in [0.2, 0.25) is 0 Å². The summed E-state index contributed by atoms with van der Waals surface area (Å²) in [7, 11) is 0. The number of rotatable bonds is 2. The van der Waals surface area contributed by atoms with Crippen molar-refractivity contribution in [2.45, 2.75) is 32.6 Å². The molecule has 1 aromatic rings. The van der Waals surface area contributed by atoms with Crippen LogP contribution in [0.5, 0.6) is 0 Å². The van der Waals surface area contributed by atoms with Crippen molar-refractivity contribution in [2.24, 2.45) is 5.41 Å². The van der Waals surface area contributed by atoms with Gasteiger partial charge in [-0.1, -0.05) is 13.8 Å². The number of ether oxygens (including phenoxy) is 1. The van der Waals surface area contributed by atoms with Crippen LogP contribution >= 0.6 is 0 Å². The molecule has 2 heterocycles. The van der Waals surface area contributed by atoms with Gasteiger partial charge in [0.15, 0.2) is 5.79 Å². The molecule has 5 heteroatoms. The van der Waals surface area contributed by atoms with Crippen LogP contribution in [0, 0.1) is 5.41 Å². The number of nitrogens with zero attached hydrogens (tertiary/aromatic N) is 3. The Hall–Kier alpha value is -0.940. The van der Waals surface area contributed by atoms with Gasteiger partial charge in [0.05, 0.1) is 13.2 Å². The van der Waals surface area contributed by atoms with Crippen LogP contribution < -0.4 is 0 Å². The predicted molar refractivity (Wildman–Crippen MR) is 49.3 cm³/mol. The van der Waals surface area contributed by atoms with Crippen LogP contribution in [0.15, 0.2) is 12.7 Å². The van der Waals surface area contributed by atoms with E-state index in [1.807, 2.05) is 13.8 Å². The quantitative estimate of drug-likeness (QED) is 0.746. The normalized spacial score (nSPS) is 30.8. The highest BCUT2D eigenvalue weighted by molar-refractivity contribution is 4.90. The lowest BCUT2D eigenvalue weighted by molar-refractivity contribution is -0.228. The van der Waals surface area contributed by atoms with Crippen LogP contribution in [-0.4, -0.2) is 32.3 Å². The van der Waals surface area contributed by atoms with E-state index >= 15 is 0 Å². The maximum Gasteiger partial charge on any atom is 0.190 e. The number of hydrogen-bond donors (Lipinski definition) is 1.